The van der Waals surface area contributed by atoms with Crippen molar-refractivity contribution >= 4 is 11.9 Å². The van der Waals surface area contributed by atoms with E-state index >= 15 is 0 Å². The standard InChI is InChI=1S/C9H11NO3/c11-7-6-2-1-5-10(6)8(12)9(13-7)3-4-9/h6H,1-5H2. The van der Waals surface area contributed by atoms with Gasteiger partial charge in [0.2, 0.25) is 0 Å². The monoisotopic (exact) mass is 181 g/mol. The van der Waals surface area contributed by atoms with Gasteiger partial charge in [0, 0.05) is 19.4 Å². The molecular formula is C9H11NO3. The Morgan fingerprint density at radius 1 is 1.38 bits per heavy atom. The van der Waals surface area contributed by atoms with Crippen LogP contribution in [-0.4, -0.2) is 35.0 Å². The third kappa shape index (κ3) is 0.806. The molecule has 3 aliphatic rings. The number of ether oxygens (including phenoxy) is 1. The number of rotatable bonds is 0. The summed E-state index contributed by atoms with van der Waals surface area (Å²) in [6.45, 7) is 0.736. The van der Waals surface area contributed by atoms with Crippen molar-refractivity contribution in [1.29, 1.82) is 0 Å². The number of carbonyl (C=O) groups excluding carboxylic acids is 2. The highest BCUT2D eigenvalue weighted by Gasteiger charge is 2.61. The molecule has 1 unspecified atom stereocenters. The molecule has 70 valence electrons. The summed E-state index contributed by atoms with van der Waals surface area (Å²) in [6.07, 6.45) is 3.16. The van der Waals surface area contributed by atoms with Gasteiger partial charge < -0.3 is 9.64 Å². The minimum absolute atomic E-state index is 0.0506. The summed E-state index contributed by atoms with van der Waals surface area (Å²) in [5.74, 6) is -0.135. The van der Waals surface area contributed by atoms with E-state index in [9.17, 15) is 9.59 Å². The van der Waals surface area contributed by atoms with Gasteiger partial charge >= 0.3 is 5.97 Å². The molecule has 1 aliphatic carbocycles. The van der Waals surface area contributed by atoms with Gasteiger partial charge in [0.15, 0.2) is 5.60 Å². The fraction of sp³-hybridized carbons (Fsp3) is 0.778. The Morgan fingerprint density at radius 2 is 2.15 bits per heavy atom. The zero-order chi connectivity index (χ0) is 9.05. The van der Waals surface area contributed by atoms with Crippen LogP contribution in [0.5, 0.6) is 0 Å². The van der Waals surface area contributed by atoms with Gasteiger partial charge in [-0.2, -0.15) is 0 Å². The molecule has 1 atom stereocenters. The van der Waals surface area contributed by atoms with Crippen LogP contribution < -0.4 is 0 Å². The van der Waals surface area contributed by atoms with Crippen molar-refractivity contribution in [2.24, 2.45) is 0 Å². The van der Waals surface area contributed by atoms with E-state index in [0.29, 0.717) is 0 Å². The SMILES string of the molecule is O=C1OC2(CC2)C(=O)N2CCCC12. The second-order valence-electron chi connectivity index (χ2n) is 4.07. The highest BCUT2D eigenvalue weighted by molar-refractivity contribution is 5.97. The molecule has 1 amide bonds. The lowest BCUT2D eigenvalue weighted by molar-refractivity contribution is -0.179. The number of carbonyl (C=O) groups is 2. The lowest BCUT2D eigenvalue weighted by atomic mass is 10.1. The van der Waals surface area contributed by atoms with Gasteiger partial charge in [-0.3, -0.25) is 4.79 Å². The molecule has 3 fully saturated rings. The van der Waals surface area contributed by atoms with Gasteiger partial charge in [0.1, 0.15) is 6.04 Å². The second-order valence-corrected chi connectivity index (χ2v) is 4.07. The normalized spacial score (nSPS) is 34.8. The summed E-state index contributed by atoms with van der Waals surface area (Å²) >= 11 is 0. The highest BCUT2D eigenvalue weighted by Crippen LogP contribution is 2.46. The molecule has 4 heteroatoms. The molecule has 2 aliphatic heterocycles. The summed E-state index contributed by atoms with van der Waals surface area (Å²) in [4.78, 5) is 25.0. The Balaban J connectivity index is 1.96. The average molecular weight is 181 g/mol. The maximum atomic E-state index is 11.8. The molecule has 0 bridgehead atoms. The van der Waals surface area contributed by atoms with Crippen LogP contribution in [0.4, 0.5) is 0 Å². The predicted octanol–water partition coefficient (Wildman–Crippen LogP) is 0.0668. The first-order chi connectivity index (χ1) is 6.23. The molecule has 0 aromatic carbocycles. The molecule has 1 spiro atoms. The number of nitrogens with zero attached hydrogens (tertiary/aromatic N) is 1. The number of hydrogen-bond donors (Lipinski definition) is 0. The van der Waals surface area contributed by atoms with Crippen molar-refractivity contribution in [1.82, 2.24) is 4.90 Å². The smallest absolute Gasteiger partial charge is 0.329 e. The van der Waals surface area contributed by atoms with Gasteiger partial charge in [-0.25, -0.2) is 4.79 Å². The fourth-order valence-corrected chi connectivity index (χ4v) is 2.25. The van der Waals surface area contributed by atoms with E-state index < -0.39 is 5.60 Å². The largest absolute Gasteiger partial charge is 0.447 e. The van der Waals surface area contributed by atoms with E-state index in [1.54, 1.807) is 4.90 Å². The summed E-state index contributed by atoms with van der Waals surface area (Å²) in [6, 6.07) is -0.265. The number of amides is 1. The van der Waals surface area contributed by atoms with E-state index in [2.05, 4.69) is 0 Å². The first-order valence-corrected chi connectivity index (χ1v) is 4.77. The van der Waals surface area contributed by atoms with Gasteiger partial charge in [-0.15, -0.1) is 0 Å². The molecule has 3 rings (SSSR count). The number of hydrogen-bond acceptors (Lipinski definition) is 3. The molecule has 1 saturated carbocycles. The summed E-state index contributed by atoms with van der Waals surface area (Å²) < 4.78 is 5.18. The van der Waals surface area contributed by atoms with Gasteiger partial charge in [-0.05, 0) is 12.8 Å². The molecule has 13 heavy (non-hydrogen) atoms. The molecule has 0 aromatic heterocycles. The zero-order valence-corrected chi connectivity index (χ0v) is 7.28. The van der Waals surface area contributed by atoms with Crippen molar-refractivity contribution in [3.63, 3.8) is 0 Å². The van der Waals surface area contributed by atoms with Crippen LogP contribution in [0.15, 0.2) is 0 Å². The Labute approximate surface area is 75.8 Å². The van der Waals surface area contributed by atoms with Crippen molar-refractivity contribution in [2.75, 3.05) is 6.54 Å². The fourth-order valence-electron chi connectivity index (χ4n) is 2.25. The van der Waals surface area contributed by atoms with Crippen LogP contribution in [-0.2, 0) is 14.3 Å². The maximum absolute atomic E-state index is 11.8. The molecule has 2 heterocycles. The third-order valence-corrected chi connectivity index (χ3v) is 3.18. The van der Waals surface area contributed by atoms with Crippen molar-refractivity contribution in [3.8, 4) is 0 Å². The Morgan fingerprint density at radius 3 is 2.85 bits per heavy atom. The van der Waals surface area contributed by atoms with Crippen molar-refractivity contribution in [3.05, 3.63) is 0 Å². The van der Waals surface area contributed by atoms with Crippen LogP contribution in [0.25, 0.3) is 0 Å². The number of fused-ring (bicyclic) bond motifs is 1. The lowest BCUT2D eigenvalue weighted by Crippen LogP contribution is -2.54. The highest BCUT2D eigenvalue weighted by atomic mass is 16.6. The van der Waals surface area contributed by atoms with E-state index in [4.69, 9.17) is 4.74 Å². The van der Waals surface area contributed by atoms with Gasteiger partial charge in [0.05, 0.1) is 0 Å². The minimum atomic E-state index is -0.710. The van der Waals surface area contributed by atoms with E-state index in [1.165, 1.54) is 0 Å². The molecule has 0 radical (unpaired) electrons. The van der Waals surface area contributed by atoms with Gasteiger partial charge in [0.25, 0.3) is 5.91 Å². The third-order valence-electron chi connectivity index (χ3n) is 3.18. The predicted molar refractivity (Wildman–Crippen MR) is 42.8 cm³/mol. The topological polar surface area (TPSA) is 46.6 Å². The molecule has 0 N–H and O–H groups in total. The summed E-state index contributed by atoms with van der Waals surface area (Å²) in [5.41, 5.74) is -0.710. The quantitative estimate of drug-likeness (QED) is 0.497. The number of esters is 1. The van der Waals surface area contributed by atoms with Crippen LogP contribution in [0.3, 0.4) is 0 Å². The lowest BCUT2D eigenvalue weighted by Gasteiger charge is -2.33. The van der Waals surface area contributed by atoms with E-state index in [0.717, 1.165) is 32.2 Å². The average Bonchev–Trinajstić information content (AvgIpc) is 2.70. The van der Waals surface area contributed by atoms with Crippen LogP contribution in [0.2, 0.25) is 0 Å². The van der Waals surface area contributed by atoms with Gasteiger partial charge in [-0.1, -0.05) is 0 Å². The second kappa shape index (κ2) is 2.05. The Kier molecular flexibility index (Phi) is 1.16. The van der Waals surface area contributed by atoms with E-state index in [1.807, 2.05) is 0 Å². The molecular weight excluding hydrogens is 170 g/mol. The first-order valence-electron chi connectivity index (χ1n) is 4.77. The maximum Gasteiger partial charge on any atom is 0.329 e. The Hall–Kier alpha value is -1.06. The zero-order valence-electron chi connectivity index (χ0n) is 7.28. The molecule has 4 nitrogen and oxygen atoms in total. The van der Waals surface area contributed by atoms with Crippen LogP contribution >= 0.6 is 0 Å². The van der Waals surface area contributed by atoms with Crippen molar-refractivity contribution in [2.45, 2.75) is 37.3 Å². The first kappa shape index (κ1) is 7.35. The number of morpholine rings is 1. The summed E-state index contributed by atoms with van der Waals surface area (Å²) in [7, 11) is 0. The Bertz CT molecular complexity index is 295. The van der Waals surface area contributed by atoms with Crippen LogP contribution in [0, 0.1) is 0 Å². The molecule has 0 aromatic rings. The van der Waals surface area contributed by atoms with Crippen molar-refractivity contribution < 1.29 is 14.3 Å². The van der Waals surface area contributed by atoms with E-state index in [-0.39, 0.29) is 17.9 Å². The molecule has 2 saturated heterocycles. The summed E-state index contributed by atoms with van der Waals surface area (Å²) in [5, 5.41) is 0. The minimum Gasteiger partial charge on any atom is -0.447 e. The van der Waals surface area contributed by atoms with Crippen LogP contribution in [0.1, 0.15) is 25.7 Å².